The van der Waals surface area contributed by atoms with Crippen LogP contribution in [0, 0.1) is 0 Å². The molecule has 1 aliphatic rings. The minimum absolute atomic E-state index is 0.450. The number of unbranched alkanes of at least 4 members (excludes halogenated alkanes) is 1. The van der Waals surface area contributed by atoms with E-state index < -0.39 is 0 Å². The fourth-order valence-electron chi connectivity index (χ4n) is 3.66. The highest BCUT2D eigenvalue weighted by molar-refractivity contribution is 5.49. The van der Waals surface area contributed by atoms with Gasteiger partial charge in [0.05, 0.1) is 13.2 Å². The fraction of sp³-hybridized carbons (Fsp3) is 0.440. The molecule has 1 saturated carbocycles. The molecule has 0 saturated heterocycles. The van der Waals surface area contributed by atoms with Crippen LogP contribution in [0.1, 0.15) is 62.5 Å². The second-order valence-corrected chi connectivity index (χ2v) is 7.52. The molecule has 3 rings (SSSR count). The highest BCUT2D eigenvalue weighted by Crippen LogP contribution is 2.34. The minimum atomic E-state index is 0.450. The number of hydrogen-bond acceptors (Lipinski definition) is 4. The third-order valence-corrected chi connectivity index (χ3v) is 5.45. The molecule has 0 aromatic heterocycles. The molecular weight excluding hydrogens is 364 g/mol. The standard InChI is InChI=1S/C25H32O4/c1-3-4-18-27-24-13-7-21(8-14-24)22-9-15-25(16-10-22)29-28-19-17-20-5-11-23(26-2)12-6-20/h5-6,9-12,15-17,19,21,24H,3-4,7-8,13-14,18H2,1-2H3/b19-17+. The van der Waals surface area contributed by atoms with Crippen molar-refractivity contribution >= 4 is 6.08 Å². The summed E-state index contributed by atoms with van der Waals surface area (Å²) in [6.07, 6.45) is 10.9. The van der Waals surface area contributed by atoms with Gasteiger partial charge >= 0.3 is 0 Å². The molecule has 0 radical (unpaired) electrons. The first-order valence-electron chi connectivity index (χ1n) is 10.6. The summed E-state index contributed by atoms with van der Waals surface area (Å²) >= 11 is 0. The van der Waals surface area contributed by atoms with Gasteiger partial charge in [0, 0.05) is 6.61 Å². The van der Waals surface area contributed by atoms with Crippen LogP contribution in [0.25, 0.3) is 6.08 Å². The largest absolute Gasteiger partial charge is 0.497 e. The van der Waals surface area contributed by atoms with Crippen molar-refractivity contribution in [3.8, 4) is 11.5 Å². The molecule has 0 bridgehead atoms. The van der Waals surface area contributed by atoms with Crippen LogP contribution in [0.3, 0.4) is 0 Å². The van der Waals surface area contributed by atoms with Crippen molar-refractivity contribution in [2.45, 2.75) is 57.5 Å². The zero-order valence-electron chi connectivity index (χ0n) is 17.5. The lowest BCUT2D eigenvalue weighted by molar-refractivity contribution is -0.148. The van der Waals surface area contributed by atoms with Gasteiger partial charge in [0.2, 0.25) is 0 Å². The smallest absolute Gasteiger partial charge is 0.178 e. The molecule has 0 heterocycles. The molecule has 0 aliphatic heterocycles. The van der Waals surface area contributed by atoms with Gasteiger partial charge in [-0.3, -0.25) is 9.78 Å². The zero-order valence-corrected chi connectivity index (χ0v) is 17.5. The lowest BCUT2D eigenvalue weighted by Crippen LogP contribution is -2.21. The molecule has 156 valence electrons. The highest BCUT2D eigenvalue weighted by Gasteiger charge is 2.22. The second kappa shape index (κ2) is 11.5. The van der Waals surface area contributed by atoms with Crippen LogP contribution in [-0.4, -0.2) is 19.8 Å². The lowest BCUT2D eigenvalue weighted by Gasteiger charge is -2.29. The predicted octanol–water partition coefficient (Wildman–Crippen LogP) is 6.52. The van der Waals surface area contributed by atoms with Crippen LogP contribution >= 0.6 is 0 Å². The second-order valence-electron chi connectivity index (χ2n) is 7.52. The normalized spacial score (nSPS) is 19.2. The Balaban J connectivity index is 1.40. The molecule has 0 N–H and O–H groups in total. The van der Waals surface area contributed by atoms with E-state index in [0.29, 0.717) is 17.8 Å². The Morgan fingerprint density at radius 3 is 2.24 bits per heavy atom. The van der Waals surface area contributed by atoms with Crippen LogP contribution in [-0.2, 0) is 9.62 Å². The van der Waals surface area contributed by atoms with E-state index in [-0.39, 0.29) is 0 Å². The lowest BCUT2D eigenvalue weighted by atomic mass is 9.83. The Kier molecular flexibility index (Phi) is 8.44. The maximum absolute atomic E-state index is 5.98. The van der Waals surface area contributed by atoms with E-state index in [2.05, 4.69) is 19.1 Å². The third kappa shape index (κ3) is 6.82. The van der Waals surface area contributed by atoms with E-state index in [1.165, 1.54) is 37.5 Å². The van der Waals surface area contributed by atoms with Gasteiger partial charge in [0.25, 0.3) is 0 Å². The van der Waals surface area contributed by atoms with E-state index in [0.717, 1.165) is 30.8 Å². The van der Waals surface area contributed by atoms with Gasteiger partial charge in [-0.25, -0.2) is 0 Å². The number of rotatable bonds is 10. The fourth-order valence-corrected chi connectivity index (χ4v) is 3.66. The topological polar surface area (TPSA) is 36.9 Å². The van der Waals surface area contributed by atoms with Gasteiger partial charge in [-0.05, 0) is 79.5 Å². The van der Waals surface area contributed by atoms with Crippen LogP contribution in [0.5, 0.6) is 11.5 Å². The monoisotopic (exact) mass is 396 g/mol. The summed E-state index contributed by atoms with van der Waals surface area (Å²) in [7, 11) is 1.65. The SMILES string of the molecule is CCCCOC1CCC(c2ccc(OO/C=C/c3ccc(OC)cc3)cc2)CC1. The minimum Gasteiger partial charge on any atom is -0.497 e. The summed E-state index contributed by atoms with van der Waals surface area (Å²) in [6.45, 7) is 3.11. The van der Waals surface area contributed by atoms with Gasteiger partial charge < -0.3 is 9.47 Å². The van der Waals surface area contributed by atoms with Crippen molar-refractivity contribution in [3.63, 3.8) is 0 Å². The molecule has 1 aliphatic carbocycles. The Morgan fingerprint density at radius 1 is 0.897 bits per heavy atom. The molecular formula is C25H32O4. The van der Waals surface area contributed by atoms with E-state index in [1.807, 2.05) is 42.5 Å². The molecule has 0 spiro atoms. The van der Waals surface area contributed by atoms with Gasteiger partial charge in [-0.2, -0.15) is 0 Å². The maximum Gasteiger partial charge on any atom is 0.178 e. The summed E-state index contributed by atoms with van der Waals surface area (Å²) in [5, 5.41) is 0. The van der Waals surface area contributed by atoms with Crippen LogP contribution in [0.4, 0.5) is 0 Å². The first-order valence-corrected chi connectivity index (χ1v) is 10.6. The Hall–Kier alpha value is -2.46. The van der Waals surface area contributed by atoms with Gasteiger partial charge in [-0.1, -0.05) is 37.6 Å². The van der Waals surface area contributed by atoms with Gasteiger partial charge in [0.1, 0.15) is 12.0 Å². The van der Waals surface area contributed by atoms with E-state index in [9.17, 15) is 0 Å². The molecule has 0 amide bonds. The van der Waals surface area contributed by atoms with E-state index in [4.69, 9.17) is 19.2 Å². The maximum atomic E-state index is 5.98. The van der Waals surface area contributed by atoms with Gasteiger partial charge in [0.15, 0.2) is 5.75 Å². The van der Waals surface area contributed by atoms with Crippen molar-refractivity contribution in [1.82, 2.24) is 0 Å². The van der Waals surface area contributed by atoms with Crippen LogP contribution in [0.15, 0.2) is 54.8 Å². The van der Waals surface area contributed by atoms with Crippen LogP contribution in [0.2, 0.25) is 0 Å². The number of ether oxygens (including phenoxy) is 2. The first-order chi connectivity index (χ1) is 14.3. The highest BCUT2D eigenvalue weighted by atomic mass is 17.2. The summed E-state index contributed by atoms with van der Waals surface area (Å²) in [6, 6.07) is 16.0. The van der Waals surface area contributed by atoms with E-state index in [1.54, 1.807) is 7.11 Å². The van der Waals surface area contributed by atoms with Crippen molar-refractivity contribution < 1.29 is 19.2 Å². The Morgan fingerprint density at radius 2 is 1.59 bits per heavy atom. The molecule has 4 heteroatoms. The van der Waals surface area contributed by atoms with Crippen molar-refractivity contribution in [1.29, 1.82) is 0 Å². The van der Waals surface area contributed by atoms with E-state index >= 15 is 0 Å². The molecule has 2 aromatic rings. The summed E-state index contributed by atoms with van der Waals surface area (Å²) in [5.41, 5.74) is 2.39. The quantitative estimate of drug-likeness (QED) is 0.198. The predicted molar refractivity (Wildman–Crippen MR) is 116 cm³/mol. The first kappa shape index (κ1) is 21.3. The van der Waals surface area contributed by atoms with Crippen molar-refractivity contribution in [2.75, 3.05) is 13.7 Å². The molecule has 0 unspecified atom stereocenters. The average Bonchev–Trinajstić information content (AvgIpc) is 2.78. The van der Waals surface area contributed by atoms with Crippen molar-refractivity contribution in [3.05, 3.63) is 65.9 Å². The van der Waals surface area contributed by atoms with Crippen molar-refractivity contribution in [2.24, 2.45) is 0 Å². The summed E-state index contributed by atoms with van der Waals surface area (Å²) in [4.78, 5) is 10.6. The third-order valence-electron chi connectivity index (χ3n) is 5.45. The van der Waals surface area contributed by atoms with Gasteiger partial charge in [-0.15, -0.1) is 0 Å². The Bertz CT molecular complexity index is 728. The number of methoxy groups -OCH3 is 1. The molecule has 0 atom stereocenters. The Labute approximate surface area is 174 Å². The number of benzene rings is 2. The average molecular weight is 397 g/mol. The zero-order chi connectivity index (χ0) is 20.3. The summed E-state index contributed by atoms with van der Waals surface area (Å²) in [5.74, 6) is 2.15. The molecule has 4 nitrogen and oxygen atoms in total. The molecule has 29 heavy (non-hydrogen) atoms. The molecule has 2 aromatic carbocycles. The molecule has 1 fully saturated rings. The number of hydrogen-bond donors (Lipinski definition) is 0. The summed E-state index contributed by atoms with van der Waals surface area (Å²) < 4.78 is 11.1. The van der Waals surface area contributed by atoms with Crippen LogP contribution < -0.4 is 9.62 Å².